The minimum atomic E-state index is -4.83. The van der Waals surface area contributed by atoms with Crippen molar-refractivity contribution >= 4 is 22.9 Å². The van der Waals surface area contributed by atoms with Crippen molar-refractivity contribution in [1.82, 2.24) is 20.1 Å². The Morgan fingerprint density at radius 2 is 1.97 bits per heavy atom. The fraction of sp³-hybridized carbons (Fsp3) is 0.238. The third kappa shape index (κ3) is 5.86. The zero-order valence-electron chi connectivity index (χ0n) is 17.3. The van der Waals surface area contributed by atoms with Gasteiger partial charge in [-0.2, -0.15) is 5.10 Å². The molecule has 12 heteroatoms. The fourth-order valence-electron chi connectivity index (χ4n) is 3.04. The van der Waals surface area contributed by atoms with E-state index in [4.69, 9.17) is 4.74 Å². The molecule has 3 rings (SSSR count). The van der Waals surface area contributed by atoms with Gasteiger partial charge in [-0.25, -0.2) is 9.67 Å². The van der Waals surface area contributed by atoms with Crippen LogP contribution in [-0.4, -0.2) is 44.7 Å². The topological polar surface area (TPSA) is 116 Å². The van der Waals surface area contributed by atoms with Crippen molar-refractivity contribution in [1.29, 1.82) is 0 Å². The number of fused-ring (bicyclic) bond motifs is 1. The number of aliphatic hydroxyl groups is 1. The van der Waals surface area contributed by atoms with Crippen LogP contribution in [0.15, 0.2) is 49.2 Å². The zero-order chi connectivity index (χ0) is 24.2. The van der Waals surface area contributed by atoms with Crippen molar-refractivity contribution in [3.63, 3.8) is 0 Å². The van der Waals surface area contributed by atoms with Gasteiger partial charge >= 0.3 is 12.3 Å². The van der Waals surface area contributed by atoms with Gasteiger partial charge in [0.15, 0.2) is 5.65 Å². The highest BCUT2D eigenvalue weighted by Gasteiger charge is 2.31. The number of carbonyl (C=O) groups is 2. The van der Waals surface area contributed by atoms with E-state index >= 15 is 0 Å². The first-order valence-electron chi connectivity index (χ1n) is 9.53. The molecule has 9 nitrogen and oxygen atoms in total. The standard InChI is InChI=1S/C21H19F3N4O5/c1-3-18(31)26-10-16-19-15(17(30)11-32-12(2)29)8-9-25-20(19)28(27-16)13-4-6-14(7-5-13)33-21(22,23)24/h3-9,17,30H,1,10-11H2,2H3,(H,26,31). The number of amides is 1. The van der Waals surface area contributed by atoms with Gasteiger partial charge in [-0.15, -0.1) is 13.2 Å². The number of halogens is 3. The van der Waals surface area contributed by atoms with Gasteiger partial charge in [-0.3, -0.25) is 9.59 Å². The zero-order valence-corrected chi connectivity index (χ0v) is 17.3. The minimum absolute atomic E-state index is 0.0530. The number of pyridine rings is 1. The van der Waals surface area contributed by atoms with Crippen LogP contribution in [0.3, 0.4) is 0 Å². The number of esters is 1. The Morgan fingerprint density at radius 1 is 1.27 bits per heavy atom. The molecule has 1 unspecified atom stereocenters. The number of carbonyl (C=O) groups excluding carboxylic acids is 2. The number of nitrogens with one attached hydrogen (secondary N) is 1. The molecule has 0 saturated carbocycles. The molecule has 1 amide bonds. The van der Waals surface area contributed by atoms with Crippen molar-refractivity contribution < 1.29 is 37.3 Å². The van der Waals surface area contributed by atoms with Crippen LogP contribution in [0.2, 0.25) is 0 Å². The van der Waals surface area contributed by atoms with Gasteiger partial charge in [-0.05, 0) is 42.0 Å². The smallest absolute Gasteiger partial charge is 0.463 e. The van der Waals surface area contributed by atoms with Crippen molar-refractivity contribution in [3.8, 4) is 11.4 Å². The van der Waals surface area contributed by atoms with Crippen LogP contribution >= 0.6 is 0 Å². The Balaban J connectivity index is 2.06. The van der Waals surface area contributed by atoms with E-state index in [1.807, 2.05) is 0 Å². The second kappa shape index (κ2) is 9.69. The van der Waals surface area contributed by atoms with Gasteiger partial charge in [0.2, 0.25) is 5.91 Å². The van der Waals surface area contributed by atoms with E-state index in [0.717, 1.165) is 18.2 Å². The summed E-state index contributed by atoms with van der Waals surface area (Å²) in [7, 11) is 0. The average Bonchev–Trinajstić information content (AvgIpc) is 3.14. The first-order chi connectivity index (χ1) is 15.6. The van der Waals surface area contributed by atoms with E-state index in [9.17, 15) is 27.9 Å². The molecule has 2 aromatic heterocycles. The molecule has 2 heterocycles. The average molecular weight is 464 g/mol. The predicted octanol–water partition coefficient (Wildman–Crippen LogP) is 2.72. The lowest BCUT2D eigenvalue weighted by Gasteiger charge is -2.13. The second-order valence-electron chi connectivity index (χ2n) is 6.74. The Hall–Kier alpha value is -3.93. The lowest BCUT2D eigenvalue weighted by Crippen LogP contribution is -2.20. The number of rotatable bonds is 8. The molecule has 0 bridgehead atoms. The van der Waals surface area contributed by atoms with Crippen LogP contribution in [0.25, 0.3) is 16.7 Å². The number of nitrogens with zero attached hydrogens (tertiary/aromatic N) is 3. The van der Waals surface area contributed by atoms with Crippen molar-refractivity contribution in [2.24, 2.45) is 0 Å². The van der Waals surface area contributed by atoms with Gasteiger partial charge in [0.1, 0.15) is 18.5 Å². The highest BCUT2D eigenvalue weighted by molar-refractivity contribution is 5.88. The molecule has 1 atom stereocenters. The van der Waals surface area contributed by atoms with Crippen molar-refractivity contribution in [2.75, 3.05) is 6.61 Å². The number of hydrogen-bond donors (Lipinski definition) is 2. The van der Waals surface area contributed by atoms with Gasteiger partial charge < -0.3 is 19.9 Å². The number of aliphatic hydroxyl groups excluding tert-OH is 1. The molecule has 0 radical (unpaired) electrons. The molecule has 0 fully saturated rings. The third-order valence-electron chi connectivity index (χ3n) is 4.41. The minimum Gasteiger partial charge on any atom is -0.463 e. The summed E-state index contributed by atoms with van der Waals surface area (Å²) in [6.07, 6.45) is -3.56. The van der Waals surface area contributed by atoms with Crippen molar-refractivity contribution in [3.05, 3.63) is 60.4 Å². The molecule has 2 N–H and O–H groups in total. The Morgan fingerprint density at radius 3 is 2.58 bits per heavy atom. The largest absolute Gasteiger partial charge is 0.573 e. The molecule has 0 aliphatic rings. The van der Waals surface area contributed by atoms with Crippen LogP contribution in [0, 0.1) is 0 Å². The number of hydrogen-bond acceptors (Lipinski definition) is 7. The predicted molar refractivity (Wildman–Crippen MR) is 109 cm³/mol. The second-order valence-corrected chi connectivity index (χ2v) is 6.74. The Bertz CT molecular complexity index is 1180. The monoisotopic (exact) mass is 464 g/mol. The van der Waals surface area contributed by atoms with Gasteiger partial charge in [0.25, 0.3) is 0 Å². The first kappa shape index (κ1) is 23.7. The summed E-state index contributed by atoms with van der Waals surface area (Å²) in [5, 5.41) is 18.0. The molecule has 3 aromatic rings. The molecule has 1 aromatic carbocycles. The van der Waals surface area contributed by atoms with Gasteiger partial charge in [0.05, 0.1) is 23.3 Å². The van der Waals surface area contributed by atoms with Crippen LogP contribution in [0.5, 0.6) is 5.75 Å². The third-order valence-corrected chi connectivity index (χ3v) is 4.41. The van der Waals surface area contributed by atoms with Gasteiger partial charge in [-0.1, -0.05) is 6.58 Å². The Labute approximate surface area is 185 Å². The molecular formula is C21H19F3N4O5. The Kier molecular flexibility index (Phi) is 6.97. The summed E-state index contributed by atoms with van der Waals surface area (Å²) >= 11 is 0. The summed E-state index contributed by atoms with van der Waals surface area (Å²) in [6, 6.07) is 6.46. The number of ether oxygens (including phenoxy) is 2. The number of alkyl halides is 3. The fourth-order valence-corrected chi connectivity index (χ4v) is 3.04. The quantitative estimate of drug-likeness (QED) is 0.389. The van der Waals surface area contributed by atoms with E-state index in [0.29, 0.717) is 22.3 Å². The highest BCUT2D eigenvalue weighted by Crippen LogP contribution is 2.29. The normalized spacial score (nSPS) is 12.3. The van der Waals surface area contributed by atoms with Crippen molar-refractivity contribution in [2.45, 2.75) is 25.9 Å². The van der Waals surface area contributed by atoms with E-state index in [2.05, 4.69) is 26.7 Å². The molecule has 174 valence electrons. The highest BCUT2D eigenvalue weighted by atomic mass is 19.4. The number of benzene rings is 1. The van der Waals surface area contributed by atoms with Gasteiger partial charge in [0, 0.05) is 13.1 Å². The van der Waals surface area contributed by atoms with Crippen LogP contribution in [0.1, 0.15) is 24.3 Å². The molecule has 33 heavy (non-hydrogen) atoms. The summed E-state index contributed by atoms with van der Waals surface area (Å²) in [4.78, 5) is 27.1. The van der Waals surface area contributed by atoms with E-state index in [-0.39, 0.29) is 18.8 Å². The maximum absolute atomic E-state index is 12.4. The summed E-state index contributed by atoms with van der Waals surface area (Å²) in [5.74, 6) is -1.45. The molecule has 0 aliphatic heterocycles. The van der Waals surface area contributed by atoms with E-state index < -0.39 is 30.1 Å². The SMILES string of the molecule is C=CC(=O)NCc1nn(-c2ccc(OC(F)(F)F)cc2)c2nccc(C(O)COC(C)=O)c12. The summed E-state index contributed by atoms with van der Waals surface area (Å²) < 4.78 is 47.4. The summed E-state index contributed by atoms with van der Waals surface area (Å²) in [6.45, 7) is 4.21. The molecule has 0 saturated heterocycles. The molecule has 0 aliphatic carbocycles. The first-order valence-corrected chi connectivity index (χ1v) is 9.53. The molecule has 0 spiro atoms. The lowest BCUT2D eigenvalue weighted by atomic mass is 10.1. The number of aromatic nitrogens is 3. The van der Waals surface area contributed by atoms with Crippen LogP contribution < -0.4 is 10.1 Å². The maximum Gasteiger partial charge on any atom is 0.573 e. The molecular weight excluding hydrogens is 445 g/mol. The van der Waals surface area contributed by atoms with Crippen LogP contribution in [0.4, 0.5) is 13.2 Å². The van der Waals surface area contributed by atoms with E-state index in [1.54, 1.807) is 0 Å². The van der Waals surface area contributed by atoms with Crippen LogP contribution in [-0.2, 0) is 20.9 Å². The summed E-state index contributed by atoms with van der Waals surface area (Å²) in [5.41, 5.74) is 1.28. The lowest BCUT2D eigenvalue weighted by molar-refractivity contribution is -0.274. The van der Waals surface area contributed by atoms with E-state index in [1.165, 1.54) is 36.0 Å². The maximum atomic E-state index is 12.4.